The Hall–Kier alpha value is -0.510. The van der Waals surface area contributed by atoms with Crippen LogP contribution in [-0.2, 0) is 5.75 Å². The topological polar surface area (TPSA) is 32.3 Å². The van der Waals surface area contributed by atoms with Gasteiger partial charge in [0.05, 0.1) is 5.60 Å². The van der Waals surface area contributed by atoms with Crippen LogP contribution in [0.1, 0.15) is 44.4 Å². The molecule has 0 aliphatic carbocycles. The zero-order valence-electron chi connectivity index (χ0n) is 12.1. The highest BCUT2D eigenvalue weighted by Crippen LogP contribution is 2.31. The van der Waals surface area contributed by atoms with Crippen LogP contribution in [0.15, 0.2) is 24.3 Å². The molecule has 0 fully saturated rings. The first kappa shape index (κ1) is 14.9. The first-order valence-corrected chi connectivity index (χ1v) is 8.25. The van der Waals surface area contributed by atoms with Crippen LogP contribution < -0.4 is 5.32 Å². The molecule has 2 unspecified atom stereocenters. The lowest BCUT2D eigenvalue weighted by Crippen LogP contribution is -2.41. The first-order valence-electron chi connectivity index (χ1n) is 7.09. The molecule has 106 valence electrons. The second-order valence-electron chi connectivity index (χ2n) is 6.24. The zero-order valence-corrected chi connectivity index (χ0v) is 13.0. The van der Waals surface area contributed by atoms with E-state index in [-0.39, 0.29) is 0 Å². The van der Waals surface area contributed by atoms with Crippen LogP contribution in [-0.4, -0.2) is 23.0 Å². The second-order valence-corrected chi connectivity index (χ2v) is 7.27. The SMILES string of the molecule is CC(C)CC(C)(O)CNC1CSCc2ccccc21. The van der Waals surface area contributed by atoms with Gasteiger partial charge in [-0.3, -0.25) is 0 Å². The third kappa shape index (κ3) is 4.23. The van der Waals surface area contributed by atoms with Gasteiger partial charge in [-0.25, -0.2) is 0 Å². The number of hydrogen-bond acceptors (Lipinski definition) is 3. The van der Waals surface area contributed by atoms with Crippen LogP contribution >= 0.6 is 11.8 Å². The molecule has 0 radical (unpaired) electrons. The number of aliphatic hydroxyl groups is 1. The molecule has 2 nitrogen and oxygen atoms in total. The molecule has 1 aromatic carbocycles. The van der Waals surface area contributed by atoms with Gasteiger partial charge in [0.1, 0.15) is 0 Å². The molecule has 19 heavy (non-hydrogen) atoms. The van der Waals surface area contributed by atoms with Crippen molar-refractivity contribution in [3.05, 3.63) is 35.4 Å². The minimum absolute atomic E-state index is 0.369. The Morgan fingerprint density at radius 3 is 2.89 bits per heavy atom. The highest BCUT2D eigenvalue weighted by Gasteiger charge is 2.25. The highest BCUT2D eigenvalue weighted by molar-refractivity contribution is 7.98. The summed E-state index contributed by atoms with van der Waals surface area (Å²) in [5.74, 6) is 2.72. The van der Waals surface area contributed by atoms with Crippen LogP contribution in [0, 0.1) is 5.92 Å². The van der Waals surface area contributed by atoms with Crippen molar-refractivity contribution < 1.29 is 5.11 Å². The Labute approximate surface area is 121 Å². The van der Waals surface area contributed by atoms with Gasteiger partial charge in [0.2, 0.25) is 0 Å². The maximum Gasteiger partial charge on any atom is 0.0746 e. The number of hydrogen-bond donors (Lipinski definition) is 2. The van der Waals surface area contributed by atoms with Crippen molar-refractivity contribution in [2.24, 2.45) is 5.92 Å². The predicted octanol–water partition coefficient (Wildman–Crippen LogP) is 3.36. The van der Waals surface area contributed by atoms with Crippen molar-refractivity contribution in [3.63, 3.8) is 0 Å². The van der Waals surface area contributed by atoms with Gasteiger partial charge in [-0.15, -0.1) is 0 Å². The summed E-state index contributed by atoms with van der Waals surface area (Å²) in [5, 5.41) is 13.9. The van der Waals surface area contributed by atoms with Gasteiger partial charge in [0.15, 0.2) is 0 Å². The minimum atomic E-state index is -0.620. The normalized spacial score (nSPS) is 22.1. The van der Waals surface area contributed by atoms with E-state index in [1.807, 2.05) is 18.7 Å². The summed E-state index contributed by atoms with van der Waals surface area (Å²) in [6.45, 7) is 6.90. The van der Waals surface area contributed by atoms with E-state index in [9.17, 15) is 5.11 Å². The van der Waals surface area contributed by atoms with Crippen molar-refractivity contribution in [2.75, 3.05) is 12.3 Å². The van der Waals surface area contributed by atoms with Gasteiger partial charge in [-0.1, -0.05) is 38.1 Å². The van der Waals surface area contributed by atoms with E-state index in [0.29, 0.717) is 18.5 Å². The molecule has 2 N–H and O–H groups in total. The van der Waals surface area contributed by atoms with E-state index in [1.54, 1.807) is 0 Å². The largest absolute Gasteiger partial charge is 0.389 e. The summed E-state index contributed by atoms with van der Waals surface area (Å²) < 4.78 is 0. The molecule has 1 aliphatic heterocycles. The van der Waals surface area contributed by atoms with E-state index in [1.165, 1.54) is 11.1 Å². The summed E-state index contributed by atoms with van der Waals surface area (Å²) in [4.78, 5) is 0. The lowest BCUT2D eigenvalue weighted by Gasteiger charge is -2.31. The molecule has 2 rings (SSSR count). The monoisotopic (exact) mass is 279 g/mol. The number of nitrogens with one attached hydrogen (secondary N) is 1. The quantitative estimate of drug-likeness (QED) is 0.867. The predicted molar refractivity (Wildman–Crippen MR) is 83.4 cm³/mol. The van der Waals surface area contributed by atoms with E-state index in [0.717, 1.165) is 17.9 Å². The van der Waals surface area contributed by atoms with Gasteiger partial charge in [0, 0.05) is 24.1 Å². The summed E-state index contributed by atoms with van der Waals surface area (Å²) >= 11 is 1.97. The molecule has 0 aromatic heterocycles. The van der Waals surface area contributed by atoms with Crippen LogP contribution in [0.4, 0.5) is 0 Å². The Morgan fingerprint density at radius 1 is 1.42 bits per heavy atom. The van der Waals surface area contributed by atoms with Crippen molar-refractivity contribution in [1.82, 2.24) is 5.32 Å². The molecule has 1 aliphatic rings. The molecule has 1 aromatic rings. The zero-order chi connectivity index (χ0) is 13.9. The third-order valence-corrected chi connectivity index (χ3v) is 4.63. The number of thioether (sulfide) groups is 1. The Balaban J connectivity index is 1.98. The van der Waals surface area contributed by atoms with Gasteiger partial charge in [-0.2, -0.15) is 11.8 Å². The Morgan fingerprint density at radius 2 is 2.16 bits per heavy atom. The number of fused-ring (bicyclic) bond motifs is 1. The molecule has 2 atom stereocenters. The van der Waals surface area contributed by atoms with E-state index >= 15 is 0 Å². The molecule has 1 heterocycles. The van der Waals surface area contributed by atoms with E-state index in [4.69, 9.17) is 0 Å². The molecule has 0 bridgehead atoms. The Kier molecular flexibility index (Phi) is 4.93. The van der Waals surface area contributed by atoms with Crippen molar-refractivity contribution >= 4 is 11.8 Å². The third-order valence-electron chi connectivity index (χ3n) is 3.55. The highest BCUT2D eigenvalue weighted by atomic mass is 32.2. The average molecular weight is 279 g/mol. The van der Waals surface area contributed by atoms with Crippen molar-refractivity contribution in [3.8, 4) is 0 Å². The lowest BCUT2D eigenvalue weighted by atomic mass is 9.93. The summed E-state index contributed by atoms with van der Waals surface area (Å²) in [6.07, 6.45) is 0.835. The van der Waals surface area contributed by atoms with Crippen LogP contribution in [0.3, 0.4) is 0 Å². The van der Waals surface area contributed by atoms with Crippen LogP contribution in [0.2, 0.25) is 0 Å². The smallest absolute Gasteiger partial charge is 0.0746 e. The average Bonchev–Trinajstić information content (AvgIpc) is 2.35. The standard InChI is InChI=1S/C16H25NOS/c1-12(2)8-16(3,18)11-17-15-10-19-9-13-6-4-5-7-14(13)15/h4-7,12,15,17-18H,8-11H2,1-3H3. The van der Waals surface area contributed by atoms with Crippen LogP contribution in [0.25, 0.3) is 0 Å². The van der Waals surface area contributed by atoms with Gasteiger partial charge in [0.25, 0.3) is 0 Å². The van der Waals surface area contributed by atoms with Gasteiger partial charge >= 0.3 is 0 Å². The minimum Gasteiger partial charge on any atom is -0.389 e. The Bertz CT molecular complexity index is 417. The molecule has 0 saturated carbocycles. The second kappa shape index (κ2) is 6.29. The van der Waals surface area contributed by atoms with E-state index < -0.39 is 5.60 Å². The first-order chi connectivity index (χ1) is 8.98. The fourth-order valence-electron chi connectivity index (χ4n) is 2.85. The number of benzene rings is 1. The van der Waals surface area contributed by atoms with E-state index in [2.05, 4.69) is 43.4 Å². The van der Waals surface area contributed by atoms with Crippen LogP contribution in [0.5, 0.6) is 0 Å². The molecular weight excluding hydrogens is 254 g/mol. The van der Waals surface area contributed by atoms with Gasteiger partial charge in [-0.05, 0) is 30.4 Å². The molecule has 0 amide bonds. The molecule has 0 spiro atoms. The molecule has 0 saturated heterocycles. The molecular formula is C16H25NOS. The van der Waals surface area contributed by atoms with Crippen molar-refractivity contribution in [2.45, 2.75) is 44.6 Å². The maximum atomic E-state index is 10.4. The van der Waals surface area contributed by atoms with Crippen molar-refractivity contribution in [1.29, 1.82) is 0 Å². The fourth-order valence-corrected chi connectivity index (χ4v) is 3.98. The maximum absolute atomic E-state index is 10.4. The fraction of sp³-hybridized carbons (Fsp3) is 0.625. The van der Waals surface area contributed by atoms with Gasteiger partial charge < -0.3 is 10.4 Å². The summed E-state index contributed by atoms with van der Waals surface area (Å²) in [6, 6.07) is 9.01. The number of rotatable bonds is 5. The lowest BCUT2D eigenvalue weighted by molar-refractivity contribution is 0.0364. The molecule has 3 heteroatoms. The summed E-state index contributed by atoms with van der Waals surface area (Å²) in [7, 11) is 0. The summed E-state index contributed by atoms with van der Waals surface area (Å²) in [5.41, 5.74) is 2.21.